The number of hydrogen-bond donors (Lipinski definition) is 1. The van der Waals surface area contributed by atoms with Gasteiger partial charge in [-0.25, -0.2) is 0 Å². The molecule has 3 rings (SSSR count). The molecular formula is C16H14F3N2. The van der Waals surface area contributed by atoms with Crippen molar-refractivity contribution in [2.75, 3.05) is 5.73 Å². The zero-order chi connectivity index (χ0) is 15.0. The number of rotatable bonds is 2. The maximum atomic E-state index is 12.8. The minimum atomic E-state index is -4.32. The maximum absolute atomic E-state index is 12.8. The Morgan fingerprint density at radius 2 is 1.95 bits per heavy atom. The fourth-order valence-electron chi connectivity index (χ4n) is 2.70. The summed E-state index contributed by atoms with van der Waals surface area (Å²) in [4.78, 5) is 4.28. The van der Waals surface area contributed by atoms with E-state index in [4.69, 9.17) is 5.73 Å². The van der Waals surface area contributed by atoms with Gasteiger partial charge in [0.15, 0.2) is 0 Å². The summed E-state index contributed by atoms with van der Waals surface area (Å²) < 4.78 is 38.4. The van der Waals surface area contributed by atoms with Crippen molar-refractivity contribution < 1.29 is 13.2 Å². The number of pyridine rings is 1. The van der Waals surface area contributed by atoms with Gasteiger partial charge in [-0.1, -0.05) is 18.2 Å². The molecular weight excluding hydrogens is 277 g/mol. The molecule has 1 radical (unpaired) electrons. The lowest BCUT2D eigenvalue weighted by Crippen LogP contribution is -2.25. The van der Waals surface area contributed by atoms with E-state index in [0.717, 1.165) is 30.5 Å². The van der Waals surface area contributed by atoms with E-state index in [9.17, 15) is 13.2 Å². The summed E-state index contributed by atoms with van der Waals surface area (Å²) in [5.74, 6) is 1.00. The van der Waals surface area contributed by atoms with Crippen LogP contribution in [0, 0.1) is 5.92 Å². The average molecular weight is 291 g/mol. The predicted octanol–water partition coefficient (Wildman–Crippen LogP) is 4.18. The smallest absolute Gasteiger partial charge is 0.397 e. The minimum Gasteiger partial charge on any atom is -0.397 e. The molecule has 1 aliphatic rings. The number of anilines is 1. The van der Waals surface area contributed by atoms with Crippen molar-refractivity contribution >= 4 is 5.69 Å². The SMILES string of the molecule is Nc1cccnc1C1CC[C]1c1cccc(C(F)(F)F)c1. The number of halogens is 3. The van der Waals surface area contributed by atoms with Crippen molar-refractivity contribution in [2.24, 2.45) is 0 Å². The van der Waals surface area contributed by atoms with Crippen LogP contribution in [0.3, 0.4) is 0 Å². The van der Waals surface area contributed by atoms with E-state index >= 15 is 0 Å². The number of aromatic nitrogens is 1. The van der Waals surface area contributed by atoms with E-state index in [0.29, 0.717) is 11.3 Å². The number of nitrogen functional groups attached to an aromatic ring is 1. The topological polar surface area (TPSA) is 38.9 Å². The Morgan fingerprint density at radius 1 is 1.14 bits per heavy atom. The fraction of sp³-hybridized carbons (Fsp3) is 0.250. The van der Waals surface area contributed by atoms with E-state index in [-0.39, 0.29) is 5.92 Å². The van der Waals surface area contributed by atoms with Crippen molar-refractivity contribution in [3.05, 3.63) is 65.3 Å². The van der Waals surface area contributed by atoms with Crippen LogP contribution in [0.15, 0.2) is 42.6 Å². The predicted molar refractivity (Wildman–Crippen MR) is 74.4 cm³/mol. The lowest BCUT2D eigenvalue weighted by atomic mass is 9.68. The molecule has 0 spiro atoms. The van der Waals surface area contributed by atoms with Crippen LogP contribution in [0.5, 0.6) is 0 Å². The van der Waals surface area contributed by atoms with E-state index in [1.807, 2.05) is 0 Å². The third-order valence-electron chi connectivity index (χ3n) is 3.88. The third kappa shape index (κ3) is 2.60. The first-order valence-electron chi connectivity index (χ1n) is 6.70. The van der Waals surface area contributed by atoms with Gasteiger partial charge in [-0.2, -0.15) is 13.2 Å². The lowest BCUT2D eigenvalue weighted by Gasteiger charge is -2.36. The van der Waals surface area contributed by atoms with Gasteiger partial charge in [-0.05, 0) is 36.6 Å². The van der Waals surface area contributed by atoms with Gasteiger partial charge in [-0.15, -0.1) is 0 Å². The van der Waals surface area contributed by atoms with E-state index in [1.54, 1.807) is 24.4 Å². The molecule has 0 bridgehead atoms. The van der Waals surface area contributed by atoms with Crippen LogP contribution in [0.4, 0.5) is 18.9 Å². The van der Waals surface area contributed by atoms with Crippen LogP contribution in [-0.4, -0.2) is 4.98 Å². The second kappa shape index (κ2) is 5.06. The molecule has 2 nitrogen and oxygen atoms in total. The van der Waals surface area contributed by atoms with Gasteiger partial charge in [0.2, 0.25) is 0 Å². The molecule has 2 aromatic rings. The molecule has 1 saturated carbocycles. The summed E-state index contributed by atoms with van der Waals surface area (Å²) in [6, 6.07) is 8.98. The van der Waals surface area contributed by atoms with Gasteiger partial charge >= 0.3 is 6.18 Å². The van der Waals surface area contributed by atoms with Crippen LogP contribution in [0.25, 0.3) is 0 Å². The molecule has 2 N–H and O–H groups in total. The van der Waals surface area contributed by atoms with E-state index in [2.05, 4.69) is 4.98 Å². The molecule has 1 aromatic heterocycles. The maximum Gasteiger partial charge on any atom is 0.416 e. The molecule has 1 aromatic carbocycles. The van der Waals surface area contributed by atoms with Crippen molar-refractivity contribution in [3.8, 4) is 0 Å². The van der Waals surface area contributed by atoms with Gasteiger partial charge in [-0.3, -0.25) is 4.98 Å². The summed E-state index contributed by atoms with van der Waals surface area (Å²) in [6.07, 6.45) is -1.01. The quantitative estimate of drug-likeness (QED) is 0.901. The lowest BCUT2D eigenvalue weighted by molar-refractivity contribution is -0.137. The van der Waals surface area contributed by atoms with Crippen molar-refractivity contribution in [2.45, 2.75) is 24.9 Å². The first-order chi connectivity index (χ1) is 9.97. The number of alkyl halides is 3. The Balaban J connectivity index is 1.90. The Hall–Kier alpha value is -2.04. The molecule has 5 heteroatoms. The zero-order valence-corrected chi connectivity index (χ0v) is 11.2. The monoisotopic (exact) mass is 291 g/mol. The Kier molecular flexibility index (Phi) is 3.35. The molecule has 0 aliphatic heterocycles. The summed E-state index contributed by atoms with van der Waals surface area (Å²) in [5.41, 5.74) is 7.28. The number of benzene rings is 1. The average Bonchev–Trinajstić information content (AvgIpc) is 2.39. The Labute approximate surface area is 120 Å². The highest BCUT2D eigenvalue weighted by molar-refractivity contribution is 5.52. The second-order valence-electron chi connectivity index (χ2n) is 5.17. The van der Waals surface area contributed by atoms with Gasteiger partial charge in [0, 0.05) is 18.0 Å². The van der Waals surface area contributed by atoms with Crippen molar-refractivity contribution in [1.82, 2.24) is 4.98 Å². The van der Waals surface area contributed by atoms with Crippen LogP contribution in [-0.2, 0) is 6.18 Å². The highest BCUT2D eigenvalue weighted by atomic mass is 19.4. The first kappa shape index (κ1) is 13.9. The summed E-state index contributed by atoms with van der Waals surface area (Å²) >= 11 is 0. The van der Waals surface area contributed by atoms with Crippen LogP contribution < -0.4 is 5.73 Å². The Morgan fingerprint density at radius 3 is 2.57 bits per heavy atom. The Bertz CT molecular complexity index is 652. The summed E-state index contributed by atoms with van der Waals surface area (Å²) in [7, 11) is 0. The first-order valence-corrected chi connectivity index (χ1v) is 6.70. The van der Waals surface area contributed by atoms with Crippen LogP contribution >= 0.6 is 0 Å². The standard InChI is InChI=1S/C16H14F3N2/c17-16(18,19)11-4-1-3-10(9-11)12-6-7-13(12)15-14(20)5-2-8-21-15/h1-5,8-9,13H,6-7,20H2. The third-order valence-corrected chi connectivity index (χ3v) is 3.88. The van der Waals surface area contributed by atoms with E-state index in [1.165, 1.54) is 12.1 Å². The molecule has 109 valence electrons. The van der Waals surface area contributed by atoms with E-state index < -0.39 is 11.7 Å². The molecule has 0 amide bonds. The zero-order valence-electron chi connectivity index (χ0n) is 11.2. The minimum absolute atomic E-state index is 0.0229. The molecule has 1 fully saturated rings. The largest absolute Gasteiger partial charge is 0.416 e. The summed E-state index contributed by atoms with van der Waals surface area (Å²) in [5, 5.41) is 0. The van der Waals surface area contributed by atoms with Gasteiger partial charge in [0.25, 0.3) is 0 Å². The fourth-order valence-corrected chi connectivity index (χ4v) is 2.70. The molecule has 1 unspecified atom stereocenters. The highest BCUT2D eigenvalue weighted by Crippen LogP contribution is 2.49. The van der Waals surface area contributed by atoms with Crippen molar-refractivity contribution in [1.29, 1.82) is 0 Å². The highest BCUT2D eigenvalue weighted by Gasteiger charge is 2.37. The molecule has 1 atom stereocenters. The number of nitrogens with two attached hydrogens (primary N) is 1. The van der Waals surface area contributed by atoms with Crippen molar-refractivity contribution in [3.63, 3.8) is 0 Å². The number of nitrogens with zero attached hydrogens (tertiary/aromatic N) is 1. The van der Waals surface area contributed by atoms with Crippen LogP contribution in [0.1, 0.15) is 35.6 Å². The molecule has 1 heterocycles. The molecule has 21 heavy (non-hydrogen) atoms. The van der Waals surface area contributed by atoms with Crippen LogP contribution in [0.2, 0.25) is 0 Å². The van der Waals surface area contributed by atoms with Gasteiger partial charge in [0.1, 0.15) is 0 Å². The van der Waals surface area contributed by atoms with Gasteiger partial charge < -0.3 is 5.73 Å². The second-order valence-corrected chi connectivity index (χ2v) is 5.17. The summed E-state index contributed by atoms with van der Waals surface area (Å²) in [6.45, 7) is 0. The molecule has 0 saturated heterocycles. The number of hydrogen-bond acceptors (Lipinski definition) is 2. The molecule has 1 aliphatic carbocycles. The van der Waals surface area contributed by atoms with Gasteiger partial charge in [0.05, 0.1) is 16.9 Å². The normalized spacial score (nSPS) is 19.3.